The quantitative estimate of drug-likeness (QED) is 0.776. The van der Waals surface area contributed by atoms with Crippen molar-refractivity contribution >= 4 is 11.9 Å². The number of hydrogen-bond donors (Lipinski definition) is 2. The van der Waals surface area contributed by atoms with Crippen molar-refractivity contribution in [3.8, 4) is 5.75 Å². The number of aliphatic carboxylic acids is 1. The van der Waals surface area contributed by atoms with E-state index < -0.39 is 34.7 Å². The van der Waals surface area contributed by atoms with Crippen LogP contribution in [0.4, 0.5) is 8.78 Å². The lowest BCUT2D eigenvalue weighted by Gasteiger charge is -2.38. The van der Waals surface area contributed by atoms with Gasteiger partial charge < -0.3 is 19.8 Å². The third-order valence-electron chi connectivity index (χ3n) is 5.30. The average molecular weight is 419 g/mol. The molecule has 6 nitrogen and oxygen atoms in total. The van der Waals surface area contributed by atoms with Crippen LogP contribution in [0.2, 0.25) is 0 Å². The van der Waals surface area contributed by atoms with Crippen LogP contribution in [0.5, 0.6) is 5.75 Å². The normalized spacial score (nSPS) is 16.2. The Hall–Kier alpha value is -3.00. The first kappa shape index (κ1) is 21.7. The molecule has 1 aliphatic heterocycles. The smallest absolute Gasteiger partial charge is 0.347 e. The summed E-state index contributed by atoms with van der Waals surface area (Å²) < 4.78 is 32.5. The molecule has 1 amide bonds. The predicted octanol–water partition coefficient (Wildman–Crippen LogP) is 3.33. The zero-order chi connectivity index (χ0) is 22.1. The number of carboxylic acid groups (broad SMARTS) is 1. The Labute approximate surface area is 172 Å². The van der Waals surface area contributed by atoms with E-state index in [2.05, 4.69) is 0 Å². The van der Waals surface area contributed by atoms with Crippen molar-refractivity contribution in [2.24, 2.45) is 0 Å². The molecule has 8 heteroatoms. The van der Waals surface area contributed by atoms with Crippen LogP contribution in [-0.2, 0) is 10.4 Å². The van der Waals surface area contributed by atoms with Gasteiger partial charge in [-0.25, -0.2) is 13.6 Å². The van der Waals surface area contributed by atoms with Crippen LogP contribution >= 0.6 is 0 Å². The number of carboxylic acids is 1. The molecule has 1 fully saturated rings. The highest BCUT2D eigenvalue weighted by molar-refractivity contribution is 5.94. The minimum atomic E-state index is -1.43. The molecule has 0 aromatic heterocycles. The summed E-state index contributed by atoms with van der Waals surface area (Å²) in [5.41, 5.74) is -2.35. The minimum absolute atomic E-state index is 0.178. The lowest BCUT2D eigenvalue weighted by atomic mass is 9.84. The third kappa shape index (κ3) is 4.43. The summed E-state index contributed by atoms with van der Waals surface area (Å²) in [6.45, 7) is 3.21. The van der Waals surface area contributed by atoms with Crippen molar-refractivity contribution in [3.63, 3.8) is 0 Å². The summed E-state index contributed by atoms with van der Waals surface area (Å²) >= 11 is 0. The zero-order valence-corrected chi connectivity index (χ0v) is 16.7. The molecule has 0 spiro atoms. The Morgan fingerprint density at radius 3 is 2.37 bits per heavy atom. The first-order chi connectivity index (χ1) is 14.0. The molecule has 0 saturated carbocycles. The molecule has 2 aromatic rings. The lowest BCUT2D eigenvalue weighted by molar-refractivity contribution is -0.152. The molecule has 0 bridgehead atoms. The van der Waals surface area contributed by atoms with E-state index in [4.69, 9.17) is 4.74 Å². The van der Waals surface area contributed by atoms with Gasteiger partial charge in [0, 0.05) is 19.2 Å². The van der Waals surface area contributed by atoms with Crippen LogP contribution < -0.4 is 4.74 Å². The van der Waals surface area contributed by atoms with Gasteiger partial charge in [0.25, 0.3) is 5.91 Å². The molecule has 2 aromatic carbocycles. The number of carbonyl (C=O) groups is 2. The Morgan fingerprint density at radius 1 is 1.10 bits per heavy atom. The number of rotatable bonds is 5. The molecule has 1 aliphatic rings. The Bertz CT molecular complexity index is 968. The molecule has 3 rings (SSSR count). The van der Waals surface area contributed by atoms with E-state index in [1.165, 1.54) is 18.7 Å². The number of nitrogens with zero attached hydrogens (tertiary/aromatic N) is 1. The Balaban J connectivity index is 1.72. The van der Waals surface area contributed by atoms with Crippen LogP contribution in [0.1, 0.15) is 42.6 Å². The summed E-state index contributed by atoms with van der Waals surface area (Å²) in [6.07, 6.45) is 0.403. The van der Waals surface area contributed by atoms with Crippen molar-refractivity contribution in [1.29, 1.82) is 0 Å². The molecule has 0 unspecified atom stereocenters. The molecule has 0 atom stereocenters. The summed E-state index contributed by atoms with van der Waals surface area (Å²) in [6, 6.07) is 9.36. The summed E-state index contributed by atoms with van der Waals surface area (Å²) in [5.74, 6) is -3.06. The van der Waals surface area contributed by atoms with E-state index in [9.17, 15) is 28.6 Å². The van der Waals surface area contributed by atoms with Crippen LogP contribution in [0, 0.1) is 11.6 Å². The van der Waals surface area contributed by atoms with Gasteiger partial charge >= 0.3 is 5.97 Å². The molecule has 160 valence electrons. The van der Waals surface area contributed by atoms with E-state index >= 15 is 0 Å². The van der Waals surface area contributed by atoms with Gasteiger partial charge in [-0.1, -0.05) is 12.1 Å². The van der Waals surface area contributed by atoms with Gasteiger partial charge in [0.15, 0.2) is 5.60 Å². The largest absolute Gasteiger partial charge is 0.478 e. The molecule has 30 heavy (non-hydrogen) atoms. The van der Waals surface area contributed by atoms with Crippen LogP contribution in [-0.4, -0.2) is 45.7 Å². The molecule has 2 N–H and O–H groups in total. The summed E-state index contributed by atoms with van der Waals surface area (Å²) in [5, 5.41) is 20.3. The van der Waals surface area contributed by atoms with Gasteiger partial charge in [0.2, 0.25) is 0 Å². The number of halogens is 2. The van der Waals surface area contributed by atoms with Crippen molar-refractivity contribution < 1.29 is 33.3 Å². The fourth-order valence-electron chi connectivity index (χ4n) is 3.39. The number of carbonyl (C=O) groups excluding carboxylic acids is 1. The van der Waals surface area contributed by atoms with E-state index in [1.807, 2.05) is 0 Å². The number of hydrogen-bond acceptors (Lipinski definition) is 4. The Morgan fingerprint density at radius 2 is 1.77 bits per heavy atom. The fraction of sp³-hybridized carbons (Fsp3) is 0.364. The Kier molecular flexibility index (Phi) is 5.81. The molecule has 0 radical (unpaired) electrons. The lowest BCUT2D eigenvalue weighted by Crippen LogP contribution is -2.45. The number of likely N-dealkylation sites (tertiary alicyclic amines) is 1. The molecule has 0 aliphatic carbocycles. The van der Waals surface area contributed by atoms with Gasteiger partial charge in [0.05, 0.1) is 11.2 Å². The maximum atomic E-state index is 13.9. The maximum absolute atomic E-state index is 13.9. The fourth-order valence-corrected chi connectivity index (χ4v) is 3.39. The second-order valence-corrected chi connectivity index (χ2v) is 7.89. The second-order valence-electron chi connectivity index (χ2n) is 7.89. The van der Waals surface area contributed by atoms with Gasteiger partial charge in [-0.3, -0.25) is 4.79 Å². The average Bonchev–Trinajstić information content (AvgIpc) is 2.68. The molecule has 1 heterocycles. The van der Waals surface area contributed by atoms with E-state index in [1.54, 1.807) is 24.3 Å². The van der Waals surface area contributed by atoms with Crippen LogP contribution in [0.3, 0.4) is 0 Å². The van der Waals surface area contributed by atoms with Crippen molar-refractivity contribution in [3.05, 3.63) is 65.2 Å². The topological polar surface area (TPSA) is 87.1 Å². The standard InChI is InChI=1S/C22H23F2NO5/c1-21(2,20(27)28)30-16-5-3-4-14(12-16)22(29)8-10-25(11-9-22)19(26)17-7-6-15(23)13-18(17)24/h3-7,12-13,29H,8-11H2,1-2H3,(H,27,28). The van der Waals surface area contributed by atoms with E-state index in [0.717, 1.165) is 12.1 Å². The molecular formula is C22H23F2NO5. The second kappa shape index (κ2) is 8.02. The monoisotopic (exact) mass is 419 g/mol. The first-order valence-corrected chi connectivity index (χ1v) is 9.51. The third-order valence-corrected chi connectivity index (χ3v) is 5.30. The summed E-state index contributed by atoms with van der Waals surface area (Å²) in [4.78, 5) is 25.3. The van der Waals surface area contributed by atoms with E-state index in [0.29, 0.717) is 17.4 Å². The number of aliphatic hydroxyl groups is 1. The zero-order valence-electron chi connectivity index (χ0n) is 16.7. The van der Waals surface area contributed by atoms with Gasteiger partial charge in [-0.05, 0) is 56.5 Å². The molecule has 1 saturated heterocycles. The van der Waals surface area contributed by atoms with Gasteiger partial charge in [-0.15, -0.1) is 0 Å². The number of amides is 1. The van der Waals surface area contributed by atoms with Gasteiger partial charge in [-0.2, -0.15) is 0 Å². The SMILES string of the molecule is CC(C)(Oc1cccc(C2(O)CCN(C(=O)c3ccc(F)cc3F)CC2)c1)C(=O)O. The van der Waals surface area contributed by atoms with Crippen molar-refractivity contribution in [2.75, 3.05) is 13.1 Å². The van der Waals surface area contributed by atoms with Crippen LogP contribution in [0.25, 0.3) is 0 Å². The van der Waals surface area contributed by atoms with Gasteiger partial charge in [0.1, 0.15) is 17.4 Å². The highest BCUT2D eigenvalue weighted by Gasteiger charge is 2.37. The molecular weight excluding hydrogens is 396 g/mol. The van der Waals surface area contributed by atoms with Crippen LogP contribution in [0.15, 0.2) is 42.5 Å². The van der Waals surface area contributed by atoms with Crippen molar-refractivity contribution in [2.45, 2.75) is 37.9 Å². The summed E-state index contributed by atoms with van der Waals surface area (Å²) in [7, 11) is 0. The van der Waals surface area contributed by atoms with E-state index in [-0.39, 0.29) is 31.5 Å². The predicted molar refractivity (Wildman–Crippen MR) is 104 cm³/mol. The highest BCUT2D eigenvalue weighted by Crippen LogP contribution is 2.35. The number of benzene rings is 2. The van der Waals surface area contributed by atoms with Crippen molar-refractivity contribution in [1.82, 2.24) is 4.90 Å². The minimum Gasteiger partial charge on any atom is -0.478 e. The number of ether oxygens (including phenoxy) is 1. The maximum Gasteiger partial charge on any atom is 0.347 e. The first-order valence-electron chi connectivity index (χ1n) is 9.51. The number of piperidine rings is 1. The highest BCUT2D eigenvalue weighted by atomic mass is 19.1.